The molecule has 19 nitrogen and oxygen atoms in total. The van der Waals surface area contributed by atoms with Gasteiger partial charge in [-0.2, -0.15) is 0 Å². The van der Waals surface area contributed by atoms with Crippen LogP contribution in [0.2, 0.25) is 0 Å². The van der Waals surface area contributed by atoms with E-state index in [9.17, 15) is 32.3 Å². The molecule has 23 heteroatoms. The highest BCUT2D eigenvalue weighted by Gasteiger charge is 2.35. The monoisotopic (exact) mass is 1010 g/mol. The summed E-state index contributed by atoms with van der Waals surface area (Å²) >= 11 is 0. The molecule has 390 valence electrons. The number of nitrogens with two attached hydrogens (primary N) is 2. The van der Waals surface area contributed by atoms with Crippen LogP contribution in [0.15, 0.2) is 54.6 Å². The van der Waals surface area contributed by atoms with Gasteiger partial charge in [0.2, 0.25) is 5.91 Å². The summed E-state index contributed by atoms with van der Waals surface area (Å²) < 4.78 is 74.2. The second-order valence-corrected chi connectivity index (χ2v) is 16.0. The third-order valence-corrected chi connectivity index (χ3v) is 11.5. The largest absolute Gasteiger partial charge is 0.443 e. The molecular weight excluding hydrogens is 943 g/mol. The lowest BCUT2D eigenvalue weighted by molar-refractivity contribution is -0.119. The van der Waals surface area contributed by atoms with Gasteiger partial charge in [-0.1, -0.05) is 22.3 Å². The molecule has 0 radical (unpaired) electrons. The molecular formula is C47H69ClF3N9O10. The zero-order valence-corrected chi connectivity index (χ0v) is 37.9. The molecule has 6 aliphatic heterocycles. The minimum atomic E-state index is -0.538. The lowest BCUT2D eigenvalue weighted by Gasteiger charge is -2.29. The predicted molar refractivity (Wildman–Crippen MR) is 265 cm³/mol. The molecule has 0 spiro atoms. The zero-order valence-electron chi connectivity index (χ0n) is 37.1. The minimum absolute atomic E-state index is 0. The molecule has 0 unspecified atom stereocenters. The van der Waals surface area contributed by atoms with Gasteiger partial charge in [-0.15, -0.1) is 12.4 Å². The number of anilines is 6. The molecule has 6 fully saturated rings. The lowest BCUT2D eigenvalue weighted by atomic mass is 10.2. The van der Waals surface area contributed by atoms with Gasteiger partial charge in [-0.25, -0.2) is 27.6 Å². The number of carbonyl (C=O) groups excluding carboxylic acids is 4. The number of nitrogens with one attached hydrogen (secondary N) is 1. The van der Waals surface area contributed by atoms with E-state index in [2.05, 4.69) is 5.32 Å². The number of benzene rings is 3. The Balaban J connectivity index is 0.000000271. The summed E-state index contributed by atoms with van der Waals surface area (Å²) in [5.74, 6) is -1.27. The summed E-state index contributed by atoms with van der Waals surface area (Å²) in [6.45, 7) is 10.6. The number of hydrogen-bond donors (Lipinski definition) is 3. The maximum atomic E-state index is 14.4. The Morgan fingerprint density at radius 2 is 0.829 bits per heavy atom. The van der Waals surface area contributed by atoms with E-state index in [0.717, 1.165) is 0 Å². The predicted octanol–water partition coefficient (Wildman–Crippen LogP) is 5.35. The SMILES string of the molecule is C.C.C.CC(=O)NC[C@H]1CN(c2ccc(N3CCOCC3)c(F)c2)C(=O)O1.Cl.NC[C@H]1CN(c2ccc(N3CCOCC3)c(F)c2)C(=O)O1.NC[C@H]1CN(c2ccc(N3CCOCC3)c(F)c2)C(=O)O1. The summed E-state index contributed by atoms with van der Waals surface area (Å²) in [6.07, 6.45) is -2.61. The molecule has 6 heterocycles. The van der Waals surface area contributed by atoms with Crippen molar-refractivity contribution in [3.05, 3.63) is 72.0 Å². The van der Waals surface area contributed by atoms with Gasteiger partial charge in [0.1, 0.15) is 35.8 Å². The second-order valence-electron chi connectivity index (χ2n) is 16.0. The van der Waals surface area contributed by atoms with Crippen molar-refractivity contribution in [1.82, 2.24) is 5.32 Å². The van der Waals surface area contributed by atoms with Crippen molar-refractivity contribution in [2.24, 2.45) is 11.5 Å². The summed E-state index contributed by atoms with van der Waals surface area (Å²) in [7, 11) is 0. The first-order valence-corrected chi connectivity index (χ1v) is 21.9. The van der Waals surface area contributed by atoms with E-state index in [1.165, 1.54) is 39.8 Å². The molecule has 70 heavy (non-hydrogen) atoms. The minimum Gasteiger partial charge on any atom is -0.443 e. The second kappa shape index (κ2) is 27.6. The number of rotatable bonds is 10. The van der Waals surface area contributed by atoms with E-state index in [4.69, 9.17) is 39.9 Å². The van der Waals surface area contributed by atoms with Crippen molar-refractivity contribution in [3.8, 4) is 0 Å². The van der Waals surface area contributed by atoms with Crippen molar-refractivity contribution < 1.29 is 60.8 Å². The van der Waals surface area contributed by atoms with Crippen LogP contribution in [0.3, 0.4) is 0 Å². The van der Waals surface area contributed by atoms with E-state index < -0.39 is 24.4 Å². The topological polar surface area (TPSA) is 207 Å². The zero-order chi connectivity index (χ0) is 46.7. The smallest absolute Gasteiger partial charge is 0.414 e. The fraction of sp³-hybridized carbons (Fsp3) is 0.532. The summed E-state index contributed by atoms with van der Waals surface area (Å²) in [5.41, 5.74) is 14.0. The number of nitrogens with zero attached hydrogens (tertiary/aromatic N) is 6. The van der Waals surface area contributed by atoms with Gasteiger partial charge >= 0.3 is 18.3 Å². The number of ether oxygens (including phenoxy) is 6. The van der Waals surface area contributed by atoms with Gasteiger partial charge in [-0.05, 0) is 54.6 Å². The number of hydrogen-bond acceptors (Lipinski definition) is 15. The van der Waals surface area contributed by atoms with Crippen molar-refractivity contribution in [2.45, 2.75) is 47.5 Å². The molecule has 3 aromatic rings. The van der Waals surface area contributed by atoms with Crippen LogP contribution in [0.5, 0.6) is 0 Å². The fourth-order valence-corrected chi connectivity index (χ4v) is 7.98. The number of morpholine rings is 3. The molecule has 0 aliphatic carbocycles. The molecule has 3 aromatic carbocycles. The maximum Gasteiger partial charge on any atom is 0.414 e. The molecule has 9 rings (SSSR count). The Hall–Kier alpha value is -5.78. The Kier molecular flexibility index (Phi) is 23.1. The van der Waals surface area contributed by atoms with Crippen LogP contribution >= 0.6 is 12.4 Å². The van der Waals surface area contributed by atoms with Crippen molar-refractivity contribution in [3.63, 3.8) is 0 Å². The van der Waals surface area contributed by atoms with Gasteiger partial charge in [0, 0.05) is 59.3 Å². The third kappa shape index (κ3) is 14.6. The van der Waals surface area contributed by atoms with Crippen LogP contribution in [0.1, 0.15) is 29.2 Å². The first kappa shape index (κ1) is 58.5. The summed E-state index contributed by atoms with van der Waals surface area (Å²) in [5, 5.41) is 2.61. The molecule has 6 saturated heterocycles. The Morgan fingerprint density at radius 1 is 0.543 bits per heavy atom. The van der Waals surface area contributed by atoms with Gasteiger partial charge in [-0.3, -0.25) is 19.5 Å². The van der Waals surface area contributed by atoms with Crippen LogP contribution in [0, 0.1) is 17.5 Å². The first-order valence-electron chi connectivity index (χ1n) is 21.9. The van der Waals surface area contributed by atoms with E-state index in [1.807, 2.05) is 14.7 Å². The molecule has 3 atom stereocenters. The van der Waals surface area contributed by atoms with E-state index >= 15 is 0 Å². The Labute approximate surface area is 414 Å². The molecule has 0 aromatic heterocycles. The molecule has 0 bridgehead atoms. The number of cyclic esters (lactones) is 3. The maximum absolute atomic E-state index is 14.4. The van der Waals surface area contributed by atoms with Crippen molar-refractivity contribution in [2.75, 3.05) is 148 Å². The van der Waals surface area contributed by atoms with Crippen LogP contribution in [-0.2, 0) is 33.2 Å². The third-order valence-electron chi connectivity index (χ3n) is 11.5. The number of amides is 4. The highest BCUT2D eigenvalue weighted by atomic mass is 35.5. The quantitative estimate of drug-likeness (QED) is 0.219. The van der Waals surface area contributed by atoms with Gasteiger partial charge in [0.05, 0.1) is 99.9 Å². The highest BCUT2D eigenvalue weighted by Crippen LogP contribution is 2.31. The van der Waals surface area contributed by atoms with Crippen LogP contribution in [-0.4, -0.2) is 161 Å². The van der Waals surface area contributed by atoms with Crippen LogP contribution < -0.4 is 46.2 Å². The molecule has 5 N–H and O–H groups in total. The molecule has 0 saturated carbocycles. The molecule has 6 aliphatic rings. The summed E-state index contributed by atoms with van der Waals surface area (Å²) in [4.78, 5) is 56.4. The molecule has 4 amide bonds. The average molecular weight is 1010 g/mol. The number of halogens is 4. The fourth-order valence-electron chi connectivity index (χ4n) is 7.98. The number of carbonyl (C=O) groups is 4. The van der Waals surface area contributed by atoms with Crippen LogP contribution in [0.4, 0.5) is 61.7 Å². The first-order chi connectivity index (χ1) is 31.9. The van der Waals surface area contributed by atoms with Crippen molar-refractivity contribution >= 4 is 70.7 Å². The Bertz CT molecular complexity index is 2090. The normalized spacial score (nSPS) is 20.7. The van der Waals surface area contributed by atoms with Gasteiger partial charge in [0.25, 0.3) is 0 Å². The lowest BCUT2D eigenvalue weighted by Crippen LogP contribution is -2.36. The van der Waals surface area contributed by atoms with E-state index in [1.54, 1.807) is 36.4 Å². The van der Waals surface area contributed by atoms with Gasteiger partial charge in [0.15, 0.2) is 0 Å². The van der Waals surface area contributed by atoms with Gasteiger partial charge < -0.3 is 59.9 Å². The highest BCUT2D eigenvalue weighted by molar-refractivity contribution is 5.91. The van der Waals surface area contributed by atoms with Crippen LogP contribution in [0.25, 0.3) is 0 Å². The van der Waals surface area contributed by atoms with E-state index in [-0.39, 0.29) is 96.4 Å². The summed E-state index contributed by atoms with van der Waals surface area (Å²) in [6, 6.07) is 14.3. The standard InChI is InChI=1S/C16H20FN3O4.2C14H18FN3O3.3CH4.ClH/c1-11(21)18-9-13-10-20(16(22)24-13)12-2-3-15(14(17)8-12)19-4-6-23-7-5-19;2*15-12-7-10(18-9-11(8-16)21-14(18)19)1-2-13(12)17-3-5-20-6-4-17;;;;/h2-3,8,13H,4-7,9-10H2,1H3,(H,18,21);2*1-2,7,11H,3-6,8-9,16H2;3*1H4;1H/t13-;2*11-;;;;/m000..../s1. The average Bonchev–Trinajstić information content (AvgIpc) is 4.04. The van der Waals surface area contributed by atoms with E-state index in [0.29, 0.717) is 126 Å². The van der Waals surface area contributed by atoms with Crippen molar-refractivity contribution in [1.29, 1.82) is 0 Å². The Morgan fingerprint density at radius 3 is 1.09 bits per heavy atom.